The molecule has 0 atom stereocenters. The van der Waals surface area contributed by atoms with Gasteiger partial charge in [-0.05, 0) is 36.6 Å². The van der Waals surface area contributed by atoms with Crippen molar-refractivity contribution in [3.05, 3.63) is 40.8 Å². The van der Waals surface area contributed by atoms with Gasteiger partial charge in [0.1, 0.15) is 10.5 Å². The molecule has 2 aromatic rings. The third-order valence-corrected chi connectivity index (χ3v) is 3.63. The van der Waals surface area contributed by atoms with Crippen molar-refractivity contribution in [1.82, 2.24) is 9.97 Å². The molecule has 3 nitrogen and oxygen atoms in total. The Labute approximate surface area is 118 Å². The van der Waals surface area contributed by atoms with E-state index >= 15 is 0 Å². The fourth-order valence-corrected chi connectivity index (χ4v) is 2.34. The topological polar surface area (TPSA) is 31.9 Å². The molecule has 98 valence electrons. The highest BCUT2D eigenvalue weighted by molar-refractivity contribution is 7.71. The molecule has 1 saturated carbocycles. The molecule has 1 N–H and O–H groups in total. The van der Waals surface area contributed by atoms with Gasteiger partial charge in [0.05, 0.1) is 0 Å². The zero-order valence-electron chi connectivity index (χ0n) is 11.2. The van der Waals surface area contributed by atoms with Crippen molar-refractivity contribution in [2.75, 3.05) is 19.0 Å². The molecule has 1 heterocycles. The van der Waals surface area contributed by atoms with Crippen molar-refractivity contribution < 1.29 is 0 Å². The summed E-state index contributed by atoms with van der Waals surface area (Å²) in [4.78, 5) is 9.93. The van der Waals surface area contributed by atoms with Crippen LogP contribution in [0.15, 0.2) is 30.3 Å². The minimum absolute atomic E-state index is 0.586. The number of nitrogens with zero attached hydrogens (tertiary/aromatic N) is 2. The van der Waals surface area contributed by atoms with Crippen LogP contribution in [0.1, 0.15) is 24.6 Å². The molecule has 1 aromatic heterocycles. The van der Waals surface area contributed by atoms with Crippen LogP contribution in [-0.4, -0.2) is 24.1 Å². The Morgan fingerprint density at radius 3 is 2.47 bits per heavy atom. The van der Waals surface area contributed by atoms with Gasteiger partial charge < -0.3 is 9.88 Å². The Kier molecular flexibility index (Phi) is 3.11. The van der Waals surface area contributed by atoms with E-state index in [1.54, 1.807) is 0 Å². The number of hydrogen-bond donors (Lipinski definition) is 1. The predicted octanol–water partition coefficient (Wildman–Crippen LogP) is 3.75. The van der Waals surface area contributed by atoms with Crippen LogP contribution in [0.4, 0.5) is 5.69 Å². The van der Waals surface area contributed by atoms with Gasteiger partial charge >= 0.3 is 0 Å². The summed E-state index contributed by atoms with van der Waals surface area (Å²) in [7, 11) is 4.08. The summed E-state index contributed by atoms with van der Waals surface area (Å²) >= 11 is 5.26. The van der Waals surface area contributed by atoms with Gasteiger partial charge in [0.15, 0.2) is 0 Å². The standard InChI is InChI=1S/C15H17N3S/c1-18(2)12-7-5-10(6-8-12)13-9-14(19)17-15(16-13)11-3-4-11/h5-9,11H,3-4H2,1-2H3,(H,16,17,19). The second-order valence-corrected chi connectivity index (χ2v) is 5.65. The average molecular weight is 271 g/mol. The van der Waals surface area contributed by atoms with Crippen molar-refractivity contribution >= 4 is 17.9 Å². The van der Waals surface area contributed by atoms with E-state index < -0.39 is 0 Å². The second-order valence-electron chi connectivity index (χ2n) is 5.23. The summed E-state index contributed by atoms with van der Waals surface area (Å²) in [5, 5.41) is 0. The smallest absolute Gasteiger partial charge is 0.130 e. The number of aromatic amines is 1. The molecule has 1 fully saturated rings. The van der Waals surface area contributed by atoms with Gasteiger partial charge in [-0.15, -0.1) is 0 Å². The first kappa shape index (κ1) is 12.4. The third-order valence-electron chi connectivity index (χ3n) is 3.42. The summed E-state index contributed by atoms with van der Waals surface area (Å²) in [6, 6.07) is 10.4. The van der Waals surface area contributed by atoms with Gasteiger partial charge in [-0.25, -0.2) is 4.98 Å². The number of hydrogen-bond acceptors (Lipinski definition) is 3. The maximum atomic E-state index is 5.26. The van der Waals surface area contributed by atoms with Gasteiger partial charge in [-0.1, -0.05) is 24.4 Å². The van der Waals surface area contributed by atoms with E-state index in [0.29, 0.717) is 10.6 Å². The van der Waals surface area contributed by atoms with Crippen molar-refractivity contribution in [3.63, 3.8) is 0 Å². The summed E-state index contributed by atoms with van der Waals surface area (Å²) in [5.41, 5.74) is 3.41. The van der Waals surface area contributed by atoms with Gasteiger partial charge in [0.2, 0.25) is 0 Å². The molecule has 0 spiro atoms. The van der Waals surface area contributed by atoms with Gasteiger partial charge in [0, 0.05) is 31.4 Å². The zero-order valence-corrected chi connectivity index (χ0v) is 12.0. The highest BCUT2D eigenvalue weighted by Gasteiger charge is 2.26. The van der Waals surface area contributed by atoms with Crippen LogP contribution in [0.3, 0.4) is 0 Å². The number of benzene rings is 1. The molecule has 0 aliphatic heterocycles. The van der Waals surface area contributed by atoms with Crippen LogP contribution < -0.4 is 4.90 Å². The van der Waals surface area contributed by atoms with Crippen molar-refractivity contribution in [2.24, 2.45) is 0 Å². The van der Waals surface area contributed by atoms with E-state index in [4.69, 9.17) is 12.2 Å². The number of anilines is 1. The fraction of sp³-hybridized carbons (Fsp3) is 0.333. The van der Waals surface area contributed by atoms with E-state index in [2.05, 4.69) is 39.1 Å². The zero-order chi connectivity index (χ0) is 13.4. The molecule has 4 heteroatoms. The van der Waals surface area contributed by atoms with E-state index in [9.17, 15) is 0 Å². The number of H-pyrrole nitrogens is 1. The Balaban J connectivity index is 1.98. The average Bonchev–Trinajstić information content (AvgIpc) is 3.22. The third kappa shape index (κ3) is 2.68. The highest BCUT2D eigenvalue weighted by atomic mass is 32.1. The summed E-state index contributed by atoms with van der Waals surface area (Å²) in [6.07, 6.45) is 2.45. The minimum Gasteiger partial charge on any atom is -0.378 e. The quantitative estimate of drug-likeness (QED) is 0.863. The first-order chi connectivity index (χ1) is 9.13. The molecular weight excluding hydrogens is 254 g/mol. The van der Waals surface area contributed by atoms with Gasteiger partial charge in [-0.2, -0.15) is 0 Å². The van der Waals surface area contributed by atoms with E-state index in [1.165, 1.54) is 18.5 Å². The Morgan fingerprint density at radius 2 is 1.89 bits per heavy atom. The molecule has 3 rings (SSSR count). The number of aromatic nitrogens is 2. The lowest BCUT2D eigenvalue weighted by Crippen LogP contribution is -2.08. The lowest BCUT2D eigenvalue weighted by molar-refractivity contribution is 0.924. The largest absolute Gasteiger partial charge is 0.378 e. The molecule has 19 heavy (non-hydrogen) atoms. The minimum atomic E-state index is 0.586. The van der Waals surface area contributed by atoms with Crippen molar-refractivity contribution in [1.29, 1.82) is 0 Å². The molecule has 0 amide bonds. The van der Waals surface area contributed by atoms with Gasteiger partial charge in [-0.3, -0.25) is 0 Å². The fourth-order valence-electron chi connectivity index (χ4n) is 2.12. The molecule has 1 aliphatic carbocycles. The van der Waals surface area contributed by atoms with Crippen LogP contribution >= 0.6 is 12.2 Å². The summed E-state index contributed by atoms with van der Waals surface area (Å²) in [6.45, 7) is 0. The lowest BCUT2D eigenvalue weighted by Gasteiger charge is -2.13. The molecule has 0 unspecified atom stereocenters. The highest BCUT2D eigenvalue weighted by Crippen LogP contribution is 2.38. The SMILES string of the molecule is CN(C)c1ccc(-c2cc(=S)nc(C3CC3)[nH]2)cc1. The van der Waals surface area contributed by atoms with Crippen molar-refractivity contribution in [3.8, 4) is 11.3 Å². The maximum absolute atomic E-state index is 5.26. The summed E-state index contributed by atoms with van der Waals surface area (Å²) < 4.78 is 0.673. The number of nitrogens with one attached hydrogen (secondary N) is 1. The Hall–Kier alpha value is -1.68. The van der Waals surface area contributed by atoms with Crippen LogP contribution in [0.25, 0.3) is 11.3 Å². The van der Waals surface area contributed by atoms with Crippen LogP contribution in [0, 0.1) is 4.64 Å². The molecule has 0 saturated heterocycles. The predicted molar refractivity (Wildman–Crippen MR) is 81.2 cm³/mol. The first-order valence-corrected chi connectivity index (χ1v) is 6.93. The van der Waals surface area contributed by atoms with Gasteiger partial charge in [0.25, 0.3) is 0 Å². The Bertz CT molecular complexity index is 639. The van der Waals surface area contributed by atoms with E-state index in [1.807, 2.05) is 20.2 Å². The molecule has 1 aliphatic rings. The number of rotatable bonds is 3. The van der Waals surface area contributed by atoms with E-state index in [-0.39, 0.29) is 0 Å². The first-order valence-electron chi connectivity index (χ1n) is 6.52. The van der Waals surface area contributed by atoms with E-state index in [0.717, 1.165) is 17.1 Å². The molecule has 0 radical (unpaired) electrons. The second kappa shape index (κ2) is 4.78. The van der Waals surface area contributed by atoms with Crippen molar-refractivity contribution in [2.45, 2.75) is 18.8 Å². The summed E-state index contributed by atoms with van der Waals surface area (Å²) in [5.74, 6) is 1.63. The Morgan fingerprint density at radius 1 is 1.21 bits per heavy atom. The molecular formula is C15H17N3S. The maximum Gasteiger partial charge on any atom is 0.130 e. The molecule has 0 bridgehead atoms. The molecule has 1 aromatic carbocycles. The van der Waals surface area contributed by atoms with Crippen LogP contribution in [0.2, 0.25) is 0 Å². The van der Waals surface area contributed by atoms with Crippen LogP contribution in [0.5, 0.6) is 0 Å². The monoisotopic (exact) mass is 271 g/mol. The lowest BCUT2D eigenvalue weighted by atomic mass is 10.1. The van der Waals surface area contributed by atoms with Crippen LogP contribution in [-0.2, 0) is 0 Å². The normalized spacial score (nSPS) is 14.4.